The minimum atomic E-state index is -0.0459. The van der Waals surface area contributed by atoms with Crippen LogP contribution in [-0.2, 0) is 13.1 Å². The second kappa shape index (κ2) is 12.4. The standard InChI is InChI=1S/C29H41ClN4O2/c1-20(2)34-17-21(3)27(19-33(4)18-22-8-10-24(30)11-9-22)36-28-23(6-5-7-26(28)29(34)35)16-32-25-12-14-31-15-13-25/h5-11,20-21,25,27,31-32H,12-19H2,1-4H3. The van der Waals surface area contributed by atoms with Crippen molar-refractivity contribution in [1.82, 2.24) is 20.4 Å². The second-order valence-corrected chi connectivity index (χ2v) is 11.1. The number of likely N-dealkylation sites (N-methyl/N-ethyl adjacent to an activating group) is 1. The van der Waals surface area contributed by atoms with Gasteiger partial charge in [-0.3, -0.25) is 9.69 Å². The lowest BCUT2D eigenvalue weighted by atomic mass is 9.98. The molecule has 2 atom stereocenters. The molecular weight excluding hydrogens is 472 g/mol. The number of para-hydroxylation sites is 1. The Morgan fingerprint density at radius 2 is 1.89 bits per heavy atom. The molecule has 2 aliphatic heterocycles. The van der Waals surface area contributed by atoms with Crippen LogP contribution in [0.4, 0.5) is 0 Å². The number of hydrogen-bond acceptors (Lipinski definition) is 5. The SMILES string of the molecule is CC1CN(C(C)C)C(=O)c2cccc(CNC3CCNCC3)c2OC1CN(C)Cc1ccc(Cl)cc1. The van der Waals surface area contributed by atoms with Crippen LogP contribution >= 0.6 is 11.6 Å². The van der Waals surface area contributed by atoms with Crippen molar-refractivity contribution in [3.8, 4) is 5.75 Å². The molecule has 2 N–H and O–H groups in total. The van der Waals surface area contributed by atoms with Gasteiger partial charge in [0.1, 0.15) is 11.9 Å². The number of ether oxygens (including phenoxy) is 1. The van der Waals surface area contributed by atoms with E-state index >= 15 is 0 Å². The van der Waals surface area contributed by atoms with Crippen molar-refractivity contribution in [2.24, 2.45) is 5.92 Å². The number of benzene rings is 2. The number of carbonyl (C=O) groups excluding carboxylic acids is 1. The van der Waals surface area contributed by atoms with E-state index in [1.165, 1.54) is 5.56 Å². The lowest BCUT2D eigenvalue weighted by molar-refractivity contribution is 0.0426. The largest absolute Gasteiger partial charge is 0.488 e. The van der Waals surface area contributed by atoms with E-state index in [-0.39, 0.29) is 24.0 Å². The van der Waals surface area contributed by atoms with Crippen LogP contribution < -0.4 is 15.4 Å². The molecule has 4 rings (SSSR count). The maximum atomic E-state index is 13.6. The Bertz CT molecular complexity index is 1010. The molecule has 1 fully saturated rings. The van der Waals surface area contributed by atoms with Crippen molar-refractivity contribution < 1.29 is 9.53 Å². The Kier molecular flexibility index (Phi) is 9.29. The van der Waals surface area contributed by atoms with Crippen LogP contribution in [0.25, 0.3) is 0 Å². The van der Waals surface area contributed by atoms with E-state index < -0.39 is 0 Å². The normalized spacial score (nSPS) is 21.3. The van der Waals surface area contributed by atoms with Crippen LogP contribution in [0.5, 0.6) is 5.75 Å². The van der Waals surface area contributed by atoms with E-state index in [0.717, 1.165) is 55.4 Å². The number of fused-ring (bicyclic) bond motifs is 1. The molecule has 1 amide bonds. The quantitative estimate of drug-likeness (QED) is 0.543. The monoisotopic (exact) mass is 512 g/mol. The molecule has 0 aromatic heterocycles. The number of piperidine rings is 1. The first-order chi connectivity index (χ1) is 17.3. The molecule has 2 aromatic carbocycles. The number of amides is 1. The van der Waals surface area contributed by atoms with Crippen LogP contribution in [-0.4, -0.2) is 67.1 Å². The highest BCUT2D eigenvalue weighted by atomic mass is 35.5. The van der Waals surface area contributed by atoms with Crippen LogP contribution in [0.15, 0.2) is 42.5 Å². The molecule has 0 radical (unpaired) electrons. The summed E-state index contributed by atoms with van der Waals surface area (Å²) in [5, 5.41) is 7.88. The van der Waals surface area contributed by atoms with Crippen molar-refractivity contribution in [1.29, 1.82) is 0 Å². The Morgan fingerprint density at radius 1 is 1.17 bits per heavy atom. The fourth-order valence-electron chi connectivity index (χ4n) is 5.18. The summed E-state index contributed by atoms with van der Waals surface area (Å²) in [6.45, 7) is 11.4. The fourth-order valence-corrected chi connectivity index (χ4v) is 5.31. The third-order valence-electron chi connectivity index (χ3n) is 7.38. The summed E-state index contributed by atoms with van der Waals surface area (Å²) >= 11 is 6.07. The first-order valence-electron chi connectivity index (χ1n) is 13.3. The summed E-state index contributed by atoms with van der Waals surface area (Å²) in [6, 6.07) is 14.6. The Morgan fingerprint density at radius 3 is 2.58 bits per heavy atom. The van der Waals surface area contributed by atoms with E-state index in [1.807, 2.05) is 29.2 Å². The first-order valence-corrected chi connectivity index (χ1v) is 13.7. The van der Waals surface area contributed by atoms with Gasteiger partial charge < -0.3 is 20.3 Å². The molecule has 2 heterocycles. The van der Waals surface area contributed by atoms with Gasteiger partial charge in [0.05, 0.1) is 5.56 Å². The van der Waals surface area contributed by atoms with E-state index in [9.17, 15) is 4.79 Å². The Labute approximate surface area is 221 Å². The van der Waals surface area contributed by atoms with E-state index in [0.29, 0.717) is 24.7 Å². The number of hydrogen-bond donors (Lipinski definition) is 2. The van der Waals surface area contributed by atoms with Gasteiger partial charge in [0.15, 0.2) is 0 Å². The predicted octanol–water partition coefficient (Wildman–Crippen LogP) is 4.56. The molecule has 1 saturated heterocycles. The Balaban J connectivity index is 1.57. The summed E-state index contributed by atoms with van der Waals surface area (Å²) in [7, 11) is 2.13. The molecule has 2 aromatic rings. The zero-order valence-electron chi connectivity index (χ0n) is 22.1. The van der Waals surface area contributed by atoms with Crippen LogP contribution in [0.2, 0.25) is 5.02 Å². The number of nitrogens with one attached hydrogen (secondary N) is 2. The van der Waals surface area contributed by atoms with Gasteiger partial charge in [-0.25, -0.2) is 0 Å². The van der Waals surface area contributed by atoms with Crippen LogP contribution in [0, 0.1) is 5.92 Å². The van der Waals surface area contributed by atoms with Gasteiger partial charge in [-0.05, 0) is 70.6 Å². The Hall–Kier alpha value is -2.12. The zero-order chi connectivity index (χ0) is 25.7. The van der Waals surface area contributed by atoms with Gasteiger partial charge in [-0.1, -0.05) is 42.8 Å². The summed E-state index contributed by atoms with van der Waals surface area (Å²) < 4.78 is 6.78. The number of nitrogens with zero attached hydrogens (tertiary/aromatic N) is 2. The highest BCUT2D eigenvalue weighted by Crippen LogP contribution is 2.32. The van der Waals surface area contributed by atoms with Crippen LogP contribution in [0.3, 0.4) is 0 Å². The zero-order valence-corrected chi connectivity index (χ0v) is 22.9. The third kappa shape index (κ3) is 6.80. The number of halogens is 1. The molecule has 0 bridgehead atoms. The van der Waals surface area contributed by atoms with Gasteiger partial charge in [0.25, 0.3) is 5.91 Å². The average molecular weight is 513 g/mol. The topological polar surface area (TPSA) is 56.8 Å². The van der Waals surface area contributed by atoms with E-state index in [1.54, 1.807) is 0 Å². The molecule has 196 valence electrons. The third-order valence-corrected chi connectivity index (χ3v) is 7.63. The molecule has 0 aliphatic carbocycles. The summed E-state index contributed by atoms with van der Waals surface area (Å²) in [6.07, 6.45) is 2.19. The van der Waals surface area contributed by atoms with E-state index in [4.69, 9.17) is 16.3 Å². The van der Waals surface area contributed by atoms with Gasteiger partial charge in [-0.15, -0.1) is 0 Å². The smallest absolute Gasteiger partial charge is 0.257 e. The van der Waals surface area contributed by atoms with E-state index in [2.05, 4.69) is 61.6 Å². The maximum absolute atomic E-state index is 13.6. The molecule has 6 nitrogen and oxygen atoms in total. The highest BCUT2D eigenvalue weighted by Gasteiger charge is 2.33. The average Bonchev–Trinajstić information content (AvgIpc) is 2.86. The highest BCUT2D eigenvalue weighted by molar-refractivity contribution is 6.30. The molecular formula is C29H41ClN4O2. The number of carbonyl (C=O) groups is 1. The maximum Gasteiger partial charge on any atom is 0.257 e. The summed E-state index contributed by atoms with van der Waals surface area (Å²) in [5.41, 5.74) is 2.94. The van der Waals surface area contributed by atoms with Crippen molar-refractivity contribution in [2.75, 3.05) is 33.2 Å². The molecule has 0 saturated carbocycles. The second-order valence-electron chi connectivity index (χ2n) is 10.7. The van der Waals surface area contributed by atoms with Gasteiger partial charge in [0.2, 0.25) is 0 Å². The molecule has 2 aliphatic rings. The van der Waals surface area contributed by atoms with Gasteiger partial charge >= 0.3 is 0 Å². The number of rotatable bonds is 8. The summed E-state index contributed by atoms with van der Waals surface area (Å²) in [5.74, 6) is 0.983. The van der Waals surface area contributed by atoms with Gasteiger partial charge in [-0.2, -0.15) is 0 Å². The predicted molar refractivity (Wildman–Crippen MR) is 147 cm³/mol. The van der Waals surface area contributed by atoms with Crippen LogP contribution in [0.1, 0.15) is 55.1 Å². The minimum absolute atomic E-state index is 0.0459. The summed E-state index contributed by atoms with van der Waals surface area (Å²) in [4.78, 5) is 17.9. The fraction of sp³-hybridized carbons (Fsp3) is 0.552. The molecule has 2 unspecified atom stereocenters. The van der Waals surface area contributed by atoms with Crippen molar-refractivity contribution >= 4 is 17.5 Å². The van der Waals surface area contributed by atoms with Crippen molar-refractivity contribution in [2.45, 2.75) is 64.9 Å². The van der Waals surface area contributed by atoms with Crippen molar-refractivity contribution in [3.63, 3.8) is 0 Å². The van der Waals surface area contributed by atoms with Gasteiger partial charge in [0, 0.05) is 54.8 Å². The molecule has 36 heavy (non-hydrogen) atoms. The molecule has 7 heteroatoms. The molecule has 0 spiro atoms. The lowest BCUT2D eigenvalue weighted by Gasteiger charge is -2.38. The minimum Gasteiger partial charge on any atom is -0.488 e. The van der Waals surface area contributed by atoms with Crippen molar-refractivity contribution in [3.05, 3.63) is 64.2 Å². The first kappa shape index (κ1) is 26.9. The lowest BCUT2D eigenvalue weighted by Crippen LogP contribution is -2.48.